The summed E-state index contributed by atoms with van der Waals surface area (Å²) < 4.78 is 7.05. The van der Waals surface area contributed by atoms with Gasteiger partial charge in [0.15, 0.2) is 17.1 Å². The lowest BCUT2D eigenvalue weighted by molar-refractivity contribution is -0.0123. The summed E-state index contributed by atoms with van der Waals surface area (Å²) in [6.07, 6.45) is 1.62. The van der Waals surface area contributed by atoms with Crippen LogP contribution in [0.2, 0.25) is 0 Å². The molecule has 0 bridgehead atoms. The molecule has 0 aliphatic carbocycles. The summed E-state index contributed by atoms with van der Waals surface area (Å²) in [7, 11) is 1.60. The Kier molecular flexibility index (Phi) is 5.36. The number of carbonyl (C=O) groups excluding carboxylic acids is 1. The van der Waals surface area contributed by atoms with Gasteiger partial charge >= 0.3 is 0 Å². The minimum atomic E-state index is -0.704. The predicted molar refractivity (Wildman–Crippen MR) is 133 cm³/mol. The van der Waals surface area contributed by atoms with Crippen molar-refractivity contribution >= 4 is 17.7 Å². The number of thioether (sulfide) groups is 1. The Morgan fingerprint density at radius 1 is 1.09 bits per heavy atom. The van der Waals surface area contributed by atoms with Crippen LogP contribution in [0, 0.1) is 0 Å². The zero-order chi connectivity index (χ0) is 24.2. The molecule has 3 aliphatic rings. The number of aromatic nitrogens is 1. The second-order valence-corrected chi connectivity index (χ2v) is 10.0. The van der Waals surface area contributed by atoms with E-state index in [0.717, 1.165) is 16.9 Å². The second kappa shape index (κ2) is 8.44. The Morgan fingerprint density at radius 3 is 2.57 bits per heavy atom. The average molecular weight is 491 g/mol. The molecule has 3 aromatic rings. The van der Waals surface area contributed by atoms with Gasteiger partial charge in [0.05, 0.1) is 12.6 Å². The van der Waals surface area contributed by atoms with Crippen molar-refractivity contribution in [2.75, 3.05) is 38.4 Å². The van der Waals surface area contributed by atoms with Gasteiger partial charge < -0.3 is 20.1 Å². The molecule has 1 amide bonds. The lowest BCUT2D eigenvalue weighted by Gasteiger charge is -2.62. The van der Waals surface area contributed by atoms with Crippen LogP contribution in [0.3, 0.4) is 0 Å². The minimum Gasteiger partial charge on any atom is -0.502 e. The Bertz CT molecular complexity index is 1320. The first-order chi connectivity index (χ1) is 17.1. The number of fused-ring (bicyclic) bond motifs is 3. The minimum absolute atomic E-state index is 0.0157. The highest BCUT2D eigenvalue weighted by Crippen LogP contribution is 2.46. The van der Waals surface area contributed by atoms with Crippen LogP contribution >= 0.6 is 11.8 Å². The first-order valence-electron chi connectivity index (χ1n) is 11.6. The highest BCUT2D eigenvalue weighted by atomic mass is 32.2. The van der Waals surface area contributed by atoms with E-state index in [1.165, 1.54) is 16.5 Å². The van der Waals surface area contributed by atoms with Gasteiger partial charge in [0.1, 0.15) is 0 Å². The van der Waals surface area contributed by atoms with E-state index in [-0.39, 0.29) is 17.6 Å². The standard InChI is InChI=1S/C26H26N4O4S/c1-34-13-12-28-25(33)23-24(32)20(31)10-11-29(23)30(26(28)15-27-16-26)22-18-7-3-2-6-17(18)14-35-21-9-5-4-8-19(21)22/h2-11,22,27,32H,12-16H2,1H3. The number of hydrogen-bond donors (Lipinski definition) is 2. The number of aromatic hydroxyl groups is 1. The van der Waals surface area contributed by atoms with E-state index in [0.29, 0.717) is 26.2 Å². The number of carbonyl (C=O) groups is 1. The maximum Gasteiger partial charge on any atom is 0.278 e. The summed E-state index contributed by atoms with van der Waals surface area (Å²) in [6, 6.07) is 17.8. The van der Waals surface area contributed by atoms with E-state index in [2.05, 4.69) is 34.6 Å². The molecular weight excluding hydrogens is 464 g/mol. The number of rotatable bonds is 4. The molecule has 6 rings (SSSR count). The number of hydrogen-bond acceptors (Lipinski definition) is 7. The van der Waals surface area contributed by atoms with E-state index < -0.39 is 16.8 Å². The molecule has 3 aliphatic heterocycles. The Labute approximate surface area is 207 Å². The van der Waals surface area contributed by atoms with Gasteiger partial charge in [-0.15, -0.1) is 11.8 Å². The van der Waals surface area contributed by atoms with Crippen molar-refractivity contribution in [3.8, 4) is 5.75 Å². The summed E-state index contributed by atoms with van der Waals surface area (Å²) in [5.41, 5.74) is 2.19. The van der Waals surface area contributed by atoms with Gasteiger partial charge in [-0.05, 0) is 22.8 Å². The number of nitrogens with zero attached hydrogens (tertiary/aromatic N) is 3. The number of nitrogens with one attached hydrogen (secondary N) is 1. The van der Waals surface area contributed by atoms with Crippen molar-refractivity contribution in [2.24, 2.45) is 0 Å². The Balaban J connectivity index is 1.66. The number of amides is 1. The third kappa shape index (κ3) is 3.22. The second-order valence-electron chi connectivity index (χ2n) is 9.03. The SMILES string of the molecule is COCCN1C(=O)c2c(O)c(=O)ccn2N(C2c3ccccc3CSc3ccccc32)C12CNC2. The highest BCUT2D eigenvalue weighted by Gasteiger charge is 2.57. The molecule has 8 nitrogen and oxygen atoms in total. The summed E-state index contributed by atoms with van der Waals surface area (Å²) in [5.74, 6) is -0.0756. The molecular formula is C26H26N4O4S. The van der Waals surface area contributed by atoms with Crippen molar-refractivity contribution in [1.29, 1.82) is 0 Å². The highest BCUT2D eigenvalue weighted by molar-refractivity contribution is 7.98. The summed E-state index contributed by atoms with van der Waals surface area (Å²) in [6.45, 7) is 1.76. The van der Waals surface area contributed by atoms with Gasteiger partial charge in [-0.3, -0.25) is 19.3 Å². The molecule has 180 valence electrons. The zero-order valence-corrected chi connectivity index (χ0v) is 20.1. The molecule has 2 N–H and O–H groups in total. The van der Waals surface area contributed by atoms with Crippen LogP contribution in [0.4, 0.5) is 0 Å². The average Bonchev–Trinajstić information content (AvgIpc) is 3.01. The van der Waals surface area contributed by atoms with E-state index in [1.807, 2.05) is 24.3 Å². The number of ether oxygens (including phenoxy) is 1. The van der Waals surface area contributed by atoms with Crippen molar-refractivity contribution in [2.45, 2.75) is 22.4 Å². The molecule has 35 heavy (non-hydrogen) atoms. The monoisotopic (exact) mass is 490 g/mol. The van der Waals surface area contributed by atoms with Crippen molar-refractivity contribution in [3.05, 3.63) is 93.4 Å². The van der Waals surface area contributed by atoms with Crippen LogP contribution in [0.5, 0.6) is 5.75 Å². The molecule has 4 heterocycles. The predicted octanol–water partition coefficient (Wildman–Crippen LogP) is 2.29. The zero-order valence-electron chi connectivity index (χ0n) is 19.3. The molecule has 1 fully saturated rings. The molecule has 1 atom stereocenters. The third-order valence-corrected chi connectivity index (χ3v) is 8.33. The first kappa shape index (κ1) is 22.2. The van der Waals surface area contributed by atoms with Crippen molar-refractivity contribution in [1.82, 2.24) is 14.9 Å². The first-order valence-corrected chi connectivity index (χ1v) is 12.6. The Hall–Kier alpha value is -3.27. The van der Waals surface area contributed by atoms with Gasteiger partial charge in [0.25, 0.3) is 5.91 Å². The molecule has 1 spiro atoms. The van der Waals surface area contributed by atoms with Crippen LogP contribution < -0.4 is 15.8 Å². The van der Waals surface area contributed by atoms with Gasteiger partial charge in [-0.1, -0.05) is 42.5 Å². The fraction of sp³-hybridized carbons (Fsp3) is 0.308. The quantitative estimate of drug-likeness (QED) is 0.580. The van der Waals surface area contributed by atoms with Gasteiger partial charge in [0, 0.05) is 49.7 Å². The number of benzene rings is 2. The van der Waals surface area contributed by atoms with Crippen LogP contribution in [0.25, 0.3) is 0 Å². The van der Waals surface area contributed by atoms with Gasteiger partial charge in [0.2, 0.25) is 5.43 Å². The lowest BCUT2D eigenvalue weighted by Crippen LogP contribution is -2.83. The maximum absolute atomic E-state index is 13.8. The lowest BCUT2D eigenvalue weighted by atomic mass is 9.88. The smallest absolute Gasteiger partial charge is 0.278 e. The van der Waals surface area contributed by atoms with E-state index in [9.17, 15) is 14.7 Å². The molecule has 0 radical (unpaired) electrons. The molecule has 2 aromatic carbocycles. The fourth-order valence-corrected chi connectivity index (χ4v) is 6.55. The number of pyridine rings is 1. The Morgan fingerprint density at radius 2 is 1.83 bits per heavy atom. The number of methoxy groups -OCH3 is 1. The van der Waals surface area contributed by atoms with Crippen LogP contribution in [0.15, 0.2) is 70.5 Å². The van der Waals surface area contributed by atoms with Crippen LogP contribution in [-0.4, -0.2) is 59.6 Å². The molecule has 1 aromatic heterocycles. The molecule has 0 saturated carbocycles. The summed E-state index contributed by atoms with van der Waals surface area (Å²) >= 11 is 1.80. The summed E-state index contributed by atoms with van der Waals surface area (Å²) in [4.78, 5) is 29.2. The van der Waals surface area contributed by atoms with Crippen molar-refractivity contribution < 1.29 is 14.6 Å². The molecule has 9 heteroatoms. The van der Waals surface area contributed by atoms with Gasteiger partial charge in [-0.25, -0.2) is 0 Å². The van der Waals surface area contributed by atoms with E-state index >= 15 is 0 Å². The fourth-order valence-electron chi connectivity index (χ4n) is 5.45. The van der Waals surface area contributed by atoms with Crippen molar-refractivity contribution in [3.63, 3.8) is 0 Å². The van der Waals surface area contributed by atoms with Crippen LogP contribution in [0.1, 0.15) is 33.2 Å². The summed E-state index contributed by atoms with van der Waals surface area (Å²) in [5, 5.41) is 16.4. The molecule has 1 saturated heterocycles. The van der Waals surface area contributed by atoms with Crippen LogP contribution in [-0.2, 0) is 10.5 Å². The van der Waals surface area contributed by atoms with E-state index in [4.69, 9.17) is 4.74 Å². The molecule has 1 unspecified atom stereocenters. The maximum atomic E-state index is 13.8. The topological polar surface area (TPSA) is 87.0 Å². The normalized spacial score (nSPS) is 20.0. The largest absolute Gasteiger partial charge is 0.502 e. The van der Waals surface area contributed by atoms with Gasteiger partial charge in [-0.2, -0.15) is 0 Å². The third-order valence-electron chi connectivity index (χ3n) is 7.19. The van der Waals surface area contributed by atoms with E-state index in [1.54, 1.807) is 34.6 Å².